The van der Waals surface area contributed by atoms with Crippen LogP contribution in [0.1, 0.15) is 24.4 Å². The number of anilines is 1. The average molecular weight is 352 g/mol. The van der Waals surface area contributed by atoms with Gasteiger partial charge in [0.1, 0.15) is 10.8 Å². The van der Waals surface area contributed by atoms with Crippen LogP contribution in [0.2, 0.25) is 0 Å². The fraction of sp³-hybridized carbons (Fsp3) is 0.200. The molecule has 0 aliphatic carbocycles. The monoisotopic (exact) mass is 352 g/mol. The highest BCUT2D eigenvalue weighted by molar-refractivity contribution is 7.19. The first kappa shape index (κ1) is 17.2. The number of hydrogen-bond donors (Lipinski definition) is 0. The minimum Gasteiger partial charge on any atom is -0.428 e. The predicted octanol–water partition coefficient (Wildman–Crippen LogP) is 4.85. The molecule has 3 aromatic rings. The average Bonchev–Trinajstić information content (AvgIpc) is 3.05. The first-order valence-corrected chi connectivity index (χ1v) is 9.09. The van der Waals surface area contributed by atoms with Crippen LogP contribution in [-0.2, 0) is 4.79 Å². The molecule has 3 rings (SSSR count). The molecule has 0 fully saturated rings. The summed E-state index contributed by atoms with van der Waals surface area (Å²) in [7, 11) is 0. The van der Waals surface area contributed by atoms with E-state index in [2.05, 4.69) is 29.8 Å². The summed E-state index contributed by atoms with van der Waals surface area (Å²) < 4.78 is 6.34. The van der Waals surface area contributed by atoms with Gasteiger partial charge in [-0.15, -0.1) is 11.3 Å². The van der Waals surface area contributed by atoms with Gasteiger partial charge in [0, 0.05) is 30.4 Å². The third-order valence-electron chi connectivity index (χ3n) is 4.02. The molecule has 128 valence electrons. The van der Waals surface area contributed by atoms with Crippen molar-refractivity contribution in [2.24, 2.45) is 0 Å². The number of benzene rings is 2. The lowest BCUT2D eigenvalue weighted by Crippen LogP contribution is -2.21. The van der Waals surface area contributed by atoms with Crippen molar-refractivity contribution in [1.29, 1.82) is 0 Å². The normalized spacial score (nSPS) is 11.1. The molecule has 0 aliphatic heterocycles. The Morgan fingerprint density at radius 1 is 1.12 bits per heavy atom. The number of carbonyl (C=O) groups excluding carboxylic acids is 1. The van der Waals surface area contributed by atoms with E-state index in [1.165, 1.54) is 0 Å². The number of para-hydroxylation sites is 1. The summed E-state index contributed by atoms with van der Waals surface area (Å²) in [6, 6.07) is 14.0. The molecule has 0 radical (unpaired) electrons. The molecule has 25 heavy (non-hydrogen) atoms. The maximum absolute atomic E-state index is 10.9. The fourth-order valence-corrected chi connectivity index (χ4v) is 3.59. The number of aromatic nitrogens is 1. The Kier molecular flexibility index (Phi) is 5.46. The minimum absolute atomic E-state index is 0.469. The van der Waals surface area contributed by atoms with Gasteiger partial charge in [0.2, 0.25) is 0 Å². The van der Waals surface area contributed by atoms with Crippen LogP contribution in [0.25, 0.3) is 22.4 Å². The minimum atomic E-state index is 0.469. The van der Waals surface area contributed by atoms with E-state index >= 15 is 0 Å². The smallest absolute Gasteiger partial charge is 0.298 e. The molecule has 0 unspecified atom stereocenters. The van der Waals surface area contributed by atoms with Gasteiger partial charge in [-0.05, 0) is 50.3 Å². The zero-order valence-electron chi connectivity index (χ0n) is 14.3. The quantitative estimate of drug-likeness (QED) is 0.570. The van der Waals surface area contributed by atoms with Crippen LogP contribution in [0.5, 0.6) is 5.75 Å². The molecular formula is C20H20N2O2S. The lowest BCUT2D eigenvalue weighted by atomic mass is 10.1. The van der Waals surface area contributed by atoms with Crippen molar-refractivity contribution in [2.45, 2.75) is 13.8 Å². The number of ether oxygens (including phenoxy) is 1. The van der Waals surface area contributed by atoms with Crippen LogP contribution < -0.4 is 9.64 Å². The van der Waals surface area contributed by atoms with E-state index in [4.69, 9.17) is 4.74 Å². The lowest BCUT2D eigenvalue weighted by molar-refractivity contribution is -0.120. The van der Waals surface area contributed by atoms with Gasteiger partial charge < -0.3 is 9.64 Å². The van der Waals surface area contributed by atoms with E-state index in [0.717, 1.165) is 39.6 Å². The fourth-order valence-electron chi connectivity index (χ4n) is 2.72. The summed E-state index contributed by atoms with van der Waals surface area (Å²) >= 11 is 1.63. The third-order valence-corrected chi connectivity index (χ3v) is 5.02. The SMILES string of the molecule is CCN(CC)c1ccc(/C=C/c2nc3ccccc3s2)c(OC=O)c1. The van der Waals surface area contributed by atoms with Crippen LogP contribution in [0, 0.1) is 0 Å². The van der Waals surface area contributed by atoms with Crippen molar-refractivity contribution in [3.8, 4) is 5.75 Å². The molecule has 0 atom stereocenters. The number of carbonyl (C=O) groups is 1. The number of rotatable bonds is 7. The second-order valence-corrected chi connectivity index (χ2v) is 6.52. The van der Waals surface area contributed by atoms with E-state index in [1.807, 2.05) is 48.6 Å². The summed E-state index contributed by atoms with van der Waals surface area (Å²) in [6.45, 7) is 6.47. The van der Waals surface area contributed by atoms with Gasteiger partial charge >= 0.3 is 0 Å². The van der Waals surface area contributed by atoms with Gasteiger partial charge in [-0.3, -0.25) is 4.79 Å². The number of nitrogens with zero attached hydrogens (tertiary/aromatic N) is 2. The first-order chi connectivity index (χ1) is 12.2. The zero-order valence-corrected chi connectivity index (χ0v) is 15.1. The lowest BCUT2D eigenvalue weighted by Gasteiger charge is -2.21. The molecule has 0 bridgehead atoms. The molecule has 4 nitrogen and oxygen atoms in total. The van der Waals surface area contributed by atoms with Gasteiger partial charge in [0.05, 0.1) is 10.2 Å². The van der Waals surface area contributed by atoms with Gasteiger partial charge in [0.25, 0.3) is 6.47 Å². The predicted molar refractivity (Wildman–Crippen MR) is 105 cm³/mol. The molecule has 0 amide bonds. The van der Waals surface area contributed by atoms with E-state index in [0.29, 0.717) is 12.2 Å². The highest BCUT2D eigenvalue weighted by Gasteiger charge is 2.08. The van der Waals surface area contributed by atoms with Gasteiger partial charge in [-0.2, -0.15) is 0 Å². The zero-order chi connectivity index (χ0) is 17.6. The van der Waals surface area contributed by atoms with Crippen molar-refractivity contribution < 1.29 is 9.53 Å². The van der Waals surface area contributed by atoms with Crippen molar-refractivity contribution >= 4 is 45.9 Å². The molecule has 0 aliphatic rings. The first-order valence-electron chi connectivity index (χ1n) is 8.28. The Morgan fingerprint density at radius 3 is 2.64 bits per heavy atom. The van der Waals surface area contributed by atoms with E-state index < -0.39 is 0 Å². The highest BCUT2D eigenvalue weighted by atomic mass is 32.1. The largest absolute Gasteiger partial charge is 0.428 e. The van der Waals surface area contributed by atoms with Crippen LogP contribution in [0.4, 0.5) is 5.69 Å². The van der Waals surface area contributed by atoms with E-state index in [1.54, 1.807) is 11.3 Å². The third kappa shape index (κ3) is 3.88. The maximum atomic E-state index is 10.9. The molecule has 0 saturated heterocycles. The van der Waals surface area contributed by atoms with E-state index in [-0.39, 0.29) is 0 Å². The number of hydrogen-bond acceptors (Lipinski definition) is 5. The van der Waals surface area contributed by atoms with Crippen LogP contribution in [-0.4, -0.2) is 24.5 Å². The Bertz CT molecular complexity index is 865. The number of thiazole rings is 1. The van der Waals surface area contributed by atoms with Crippen molar-refractivity contribution in [2.75, 3.05) is 18.0 Å². The van der Waals surface area contributed by atoms with Gasteiger partial charge in [-0.1, -0.05) is 12.1 Å². The molecule has 0 spiro atoms. The van der Waals surface area contributed by atoms with Crippen LogP contribution >= 0.6 is 11.3 Å². The molecule has 1 aromatic heterocycles. The summed E-state index contributed by atoms with van der Waals surface area (Å²) in [5.41, 5.74) is 2.88. The second-order valence-electron chi connectivity index (χ2n) is 5.46. The van der Waals surface area contributed by atoms with Crippen molar-refractivity contribution in [1.82, 2.24) is 4.98 Å². The van der Waals surface area contributed by atoms with E-state index in [9.17, 15) is 4.79 Å². The van der Waals surface area contributed by atoms with Crippen LogP contribution in [0.15, 0.2) is 42.5 Å². The molecule has 5 heteroatoms. The standard InChI is InChI=1S/C20H20N2O2S/c1-3-22(4-2)16-11-9-15(18(13-16)24-14-23)10-12-20-21-17-7-5-6-8-19(17)25-20/h5-14H,3-4H2,1-2H3/b12-10+. The summed E-state index contributed by atoms with van der Waals surface area (Å²) in [5.74, 6) is 0.553. The second kappa shape index (κ2) is 7.94. The number of fused-ring (bicyclic) bond motifs is 1. The van der Waals surface area contributed by atoms with Crippen molar-refractivity contribution in [3.05, 3.63) is 53.0 Å². The highest BCUT2D eigenvalue weighted by Crippen LogP contribution is 2.28. The summed E-state index contributed by atoms with van der Waals surface area (Å²) in [6.07, 6.45) is 3.89. The topological polar surface area (TPSA) is 42.4 Å². The van der Waals surface area contributed by atoms with Gasteiger partial charge in [0.15, 0.2) is 0 Å². The Labute approximate surface area is 151 Å². The summed E-state index contributed by atoms with van der Waals surface area (Å²) in [4.78, 5) is 17.7. The van der Waals surface area contributed by atoms with Crippen LogP contribution in [0.3, 0.4) is 0 Å². The Morgan fingerprint density at radius 2 is 1.92 bits per heavy atom. The van der Waals surface area contributed by atoms with Gasteiger partial charge in [-0.25, -0.2) is 4.98 Å². The van der Waals surface area contributed by atoms with Crippen molar-refractivity contribution in [3.63, 3.8) is 0 Å². The maximum Gasteiger partial charge on any atom is 0.298 e. The molecule has 2 aromatic carbocycles. The Balaban J connectivity index is 1.91. The summed E-state index contributed by atoms with van der Waals surface area (Å²) in [5, 5.41) is 0.922. The Hall–Kier alpha value is -2.66. The molecule has 0 N–H and O–H groups in total. The molecular weight excluding hydrogens is 332 g/mol. The molecule has 1 heterocycles. The molecule has 0 saturated carbocycles.